The standard InChI is InChI=1S/C23H16ClF3N2O3/c24-16-6-7-20(30)17(12-16)22(31)29-19-11-14(13-28)5-8-21(19)32-10-9-15-3-1-2-4-18(15)23(25,26)27/h1-8,11-12,30H,9-10H2,(H,29,31). The number of rotatable bonds is 6. The first-order chi connectivity index (χ1) is 15.2. The molecule has 0 fully saturated rings. The van der Waals surface area contributed by atoms with E-state index >= 15 is 0 Å². The van der Waals surface area contributed by atoms with E-state index in [4.69, 9.17) is 21.6 Å². The van der Waals surface area contributed by atoms with Crippen LogP contribution in [0.1, 0.15) is 27.0 Å². The van der Waals surface area contributed by atoms with Gasteiger partial charge >= 0.3 is 6.18 Å². The van der Waals surface area contributed by atoms with Gasteiger partial charge < -0.3 is 15.2 Å². The van der Waals surface area contributed by atoms with Gasteiger partial charge in [0.25, 0.3) is 5.91 Å². The number of carbonyl (C=O) groups excluding carboxylic acids is 1. The minimum Gasteiger partial charge on any atom is -0.507 e. The summed E-state index contributed by atoms with van der Waals surface area (Å²) < 4.78 is 45.1. The SMILES string of the molecule is N#Cc1ccc(OCCc2ccccc2C(F)(F)F)c(NC(=O)c2cc(Cl)ccc2O)c1. The molecule has 3 aromatic rings. The van der Waals surface area contributed by atoms with Crippen LogP contribution in [0.5, 0.6) is 11.5 Å². The molecule has 0 aliphatic heterocycles. The van der Waals surface area contributed by atoms with E-state index in [0.717, 1.165) is 6.07 Å². The van der Waals surface area contributed by atoms with Crippen molar-refractivity contribution in [3.63, 3.8) is 0 Å². The van der Waals surface area contributed by atoms with Crippen LogP contribution in [-0.4, -0.2) is 17.6 Å². The van der Waals surface area contributed by atoms with E-state index in [1.54, 1.807) is 0 Å². The smallest absolute Gasteiger partial charge is 0.416 e. The van der Waals surface area contributed by atoms with Gasteiger partial charge in [-0.25, -0.2) is 0 Å². The molecule has 164 valence electrons. The molecule has 0 aliphatic rings. The van der Waals surface area contributed by atoms with Crippen molar-refractivity contribution in [2.75, 3.05) is 11.9 Å². The van der Waals surface area contributed by atoms with Gasteiger partial charge in [-0.3, -0.25) is 4.79 Å². The monoisotopic (exact) mass is 460 g/mol. The number of carbonyl (C=O) groups is 1. The van der Waals surface area contributed by atoms with Crippen LogP contribution in [0.3, 0.4) is 0 Å². The highest BCUT2D eigenvalue weighted by atomic mass is 35.5. The van der Waals surface area contributed by atoms with Crippen molar-refractivity contribution in [1.29, 1.82) is 5.26 Å². The van der Waals surface area contributed by atoms with Crippen molar-refractivity contribution < 1.29 is 27.8 Å². The molecule has 0 unspecified atom stereocenters. The van der Waals surface area contributed by atoms with Gasteiger partial charge in [-0.15, -0.1) is 0 Å². The summed E-state index contributed by atoms with van der Waals surface area (Å²) in [6.45, 7) is -0.107. The largest absolute Gasteiger partial charge is 0.507 e. The molecule has 0 saturated carbocycles. The maximum Gasteiger partial charge on any atom is 0.416 e. The van der Waals surface area contributed by atoms with Crippen molar-refractivity contribution in [3.05, 3.63) is 87.9 Å². The number of nitrogens with zero attached hydrogens (tertiary/aromatic N) is 1. The van der Waals surface area contributed by atoms with Crippen molar-refractivity contribution >= 4 is 23.2 Å². The molecule has 0 aromatic heterocycles. The second kappa shape index (κ2) is 9.62. The number of hydrogen-bond donors (Lipinski definition) is 2. The fourth-order valence-corrected chi connectivity index (χ4v) is 3.16. The third-order valence-electron chi connectivity index (χ3n) is 4.51. The zero-order valence-electron chi connectivity index (χ0n) is 16.4. The van der Waals surface area contributed by atoms with Crippen LogP contribution in [-0.2, 0) is 12.6 Å². The Kier molecular flexibility index (Phi) is 6.91. The number of alkyl halides is 3. The quantitative estimate of drug-likeness (QED) is 0.486. The third-order valence-corrected chi connectivity index (χ3v) is 4.75. The van der Waals surface area contributed by atoms with Crippen LogP contribution in [0.25, 0.3) is 0 Å². The number of halogens is 4. The van der Waals surface area contributed by atoms with Gasteiger partial charge in [0.05, 0.1) is 35.1 Å². The summed E-state index contributed by atoms with van der Waals surface area (Å²) in [6, 6.07) is 15.3. The molecule has 0 spiro atoms. The Labute approximate surface area is 186 Å². The average Bonchev–Trinajstić information content (AvgIpc) is 2.76. The van der Waals surface area contributed by atoms with Crippen LogP contribution >= 0.6 is 11.6 Å². The number of ether oxygens (including phenoxy) is 1. The van der Waals surface area contributed by atoms with Gasteiger partial charge in [-0.05, 0) is 48.0 Å². The van der Waals surface area contributed by atoms with E-state index in [2.05, 4.69) is 5.32 Å². The Bertz CT molecular complexity index is 1190. The van der Waals surface area contributed by atoms with Crippen molar-refractivity contribution in [1.82, 2.24) is 0 Å². The topological polar surface area (TPSA) is 82.3 Å². The number of phenols is 1. The lowest BCUT2D eigenvalue weighted by Gasteiger charge is -2.15. The summed E-state index contributed by atoms with van der Waals surface area (Å²) in [7, 11) is 0. The van der Waals surface area contributed by atoms with Gasteiger partial charge in [-0.1, -0.05) is 29.8 Å². The fraction of sp³-hybridized carbons (Fsp3) is 0.130. The highest BCUT2D eigenvalue weighted by Crippen LogP contribution is 2.33. The Morgan fingerprint density at radius 2 is 1.88 bits per heavy atom. The summed E-state index contributed by atoms with van der Waals surface area (Å²) >= 11 is 5.88. The molecule has 32 heavy (non-hydrogen) atoms. The summed E-state index contributed by atoms with van der Waals surface area (Å²) in [4.78, 5) is 12.6. The molecule has 1 amide bonds. The Morgan fingerprint density at radius 1 is 1.12 bits per heavy atom. The highest BCUT2D eigenvalue weighted by Gasteiger charge is 2.32. The van der Waals surface area contributed by atoms with Crippen LogP contribution < -0.4 is 10.1 Å². The molecule has 3 aromatic carbocycles. The fourth-order valence-electron chi connectivity index (χ4n) is 2.99. The molecule has 0 saturated heterocycles. The van der Waals surface area contributed by atoms with Gasteiger partial charge in [-0.2, -0.15) is 18.4 Å². The lowest BCUT2D eigenvalue weighted by molar-refractivity contribution is -0.138. The second-order valence-corrected chi connectivity index (χ2v) is 7.13. The summed E-state index contributed by atoms with van der Waals surface area (Å²) in [5.41, 5.74) is -0.413. The molecule has 3 rings (SSSR count). The average molecular weight is 461 g/mol. The lowest BCUT2D eigenvalue weighted by Crippen LogP contribution is -2.14. The number of hydrogen-bond acceptors (Lipinski definition) is 4. The molecule has 0 radical (unpaired) electrons. The van der Waals surface area contributed by atoms with Gasteiger partial charge in [0.15, 0.2) is 0 Å². The van der Waals surface area contributed by atoms with Crippen LogP contribution in [0.4, 0.5) is 18.9 Å². The predicted octanol–water partition coefficient (Wildman–Crippen LogP) is 5.81. The zero-order valence-corrected chi connectivity index (χ0v) is 17.2. The highest BCUT2D eigenvalue weighted by molar-refractivity contribution is 6.31. The molecule has 0 atom stereocenters. The van der Waals surface area contributed by atoms with Crippen molar-refractivity contribution in [3.8, 4) is 17.6 Å². The first-order valence-electron chi connectivity index (χ1n) is 9.31. The number of nitrogens with one attached hydrogen (secondary N) is 1. The number of nitriles is 1. The predicted molar refractivity (Wildman–Crippen MR) is 113 cm³/mol. The molecule has 0 heterocycles. The first-order valence-corrected chi connectivity index (χ1v) is 9.69. The number of amides is 1. The van der Waals surface area contributed by atoms with E-state index < -0.39 is 17.6 Å². The zero-order chi connectivity index (χ0) is 23.3. The van der Waals surface area contributed by atoms with Crippen LogP contribution in [0, 0.1) is 11.3 Å². The maximum absolute atomic E-state index is 13.2. The van der Waals surface area contributed by atoms with Crippen LogP contribution in [0.2, 0.25) is 5.02 Å². The minimum atomic E-state index is -4.48. The van der Waals surface area contributed by atoms with E-state index in [1.807, 2.05) is 6.07 Å². The Hall–Kier alpha value is -3.70. The lowest BCUT2D eigenvalue weighted by atomic mass is 10.0. The number of phenolic OH excluding ortho intramolecular Hbond substituents is 1. The molecule has 5 nitrogen and oxygen atoms in total. The molecule has 0 aliphatic carbocycles. The molecule has 9 heteroatoms. The Morgan fingerprint density at radius 3 is 2.59 bits per heavy atom. The number of anilines is 1. The summed E-state index contributed by atoms with van der Waals surface area (Å²) in [5.74, 6) is -0.842. The summed E-state index contributed by atoms with van der Waals surface area (Å²) in [6.07, 6.45) is -4.51. The van der Waals surface area contributed by atoms with E-state index in [9.17, 15) is 23.1 Å². The van der Waals surface area contributed by atoms with E-state index in [-0.39, 0.29) is 51.9 Å². The van der Waals surface area contributed by atoms with E-state index in [1.165, 1.54) is 54.6 Å². The van der Waals surface area contributed by atoms with Crippen LogP contribution in [0.15, 0.2) is 60.7 Å². The minimum absolute atomic E-state index is 0.0296. The third kappa shape index (κ3) is 5.50. The van der Waals surface area contributed by atoms with Crippen molar-refractivity contribution in [2.45, 2.75) is 12.6 Å². The summed E-state index contributed by atoms with van der Waals surface area (Å²) in [5, 5.41) is 21.8. The van der Waals surface area contributed by atoms with Crippen molar-refractivity contribution in [2.24, 2.45) is 0 Å². The Balaban J connectivity index is 1.79. The number of benzene rings is 3. The second-order valence-electron chi connectivity index (χ2n) is 6.69. The normalized spacial score (nSPS) is 11.0. The molecular weight excluding hydrogens is 445 g/mol. The molecular formula is C23H16ClF3N2O3. The van der Waals surface area contributed by atoms with Gasteiger partial charge in [0.1, 0.15) is 11.5 Å². The first kappa shape index (κ1) is 23.0. The molecule has 0 bridgehead atoms. The molecule has 2 N–H and O–H groups in total. The van der Waals surface area contributed by atoms with Gasteiger partial charge in [0, 0.05) is 11.4 Å². The van der Waals surface area contributed by atoms with Gasteiger partial charge in [0.2, 0.25) is 0 Å². The number of aromatic hydroxyl groups is 1. The maximum atomic E-state index is 13.2. The van der Waals surface area contributed by atoms with E-state index in [0.29, 0.717) is 0 Å².